The number of Topliss-reactive ketones (excluding diaryl/α,β-unsaturated/α-hetero) is 1. The van der Waals surface area contributed by atoms with Crippen molar-refractivity contribution in [2.24, 2.45) is 0 Å². The van der Waals surface area contributed by atoms with E-state index >= 15 is 0 Å². The summed E-state index contributed by atoms with van der Waals surface area (Å²) in [5.74, 6) is -1.30. The third kappa shape index (κ3) is 5.95. The Balaban J connectivity index is 2.12. The summed E-state index contributed by atoms with van der Waals surface area (Å²) in [5, 5.41) is 2.46. The van der Waals surface area contributed by atoms with Crippen molar-refractivity contribution in [3.63, 3.8) is 0 Å². The van der Waals surface area contributed by atoms with Crippen molar-refractivity contribution in [3.8, 4) is 0 Å². The molecule has 1 heterocycles. The number of amides is 1. The number of rotatable bonds is 6. The smallest absolute Gasteiger partial charge is 0.408 e. The third-order valence-electron chi connectivity index (χ3n) is 3.62. The maximum Gasteiger partial charge on any atom is 0.408 e. The molecule has 0 fully saturated rings. The van der Waals surface area contributed by atoms with Crippen molar-refractivity contribution < 1.29 is 18.7 Å². The van der Waals surface area contributed by atoms with Crippen LogP contribution in [0.25, 0.3) is 0 Å². The molecule has 0 aliphatic heterocycles. The van der Waals surface area contributed by atoms with Gasteiger partial charge >= 0.3 is 6.09 Å². The van der Waals surface area contributed by atoms with Crippen molar-refractivity contribution >= 4 is 11.9 Å². The zero-order chi connectivity index (χ0) is 19.2. The second-order valence-electron chi connectivity index (χ2n) is 6.92. The van der Waals surface area contributed by atoms with Gasteiger partial charge in [-0.2, -0.15) is 0 Å². The summed E-state index contributed by atoms with van der Waals surface area (Å²) in [4.78, 5) is 28.7. The number of benzene rings is 1. The second-order valence-corrected chi connectivity index (χ2v) is 6.92. The molecule has 0 saturated heterocycles. The first-order valence-electron chi connectivity index (χ1n) is 8.40. The van der Waals surface area contributed by atoms with E-state index < -0.39 is 17.6 Å². The minimum atomic E-state index is -0.670. The van der Waals surface area contributed by atoms with Crippen LogP contribution < -0.4 is 5.32 Å². The number of ether oxygens (including phenoxy) is 1. The quantitative estimate of drug-likeness (QED) is 0.856. The highest BCUT2D eigenvalue weighted by molar-refractivity contribution is 5.89. The van der Waals surface area contributed by atoms with Crippen LogP contribution in [-0.2, 0) is 16.0 Å². The van der Waals surface area contributed by atoms with E-state index in [4.69, 9.17) is 4.74 Å². The Bertz CT molecular complexity index is 757. The number of carbonyl (C=O) groups excluding carboxylic acids is 2. The predicted molar refractivity (Wildman–Crippen MR) is 96.3 cm³/mol. The fourth-order valence-corrected chi connectivity index (χ4v) is 2.45. The Kier molecular flexibility index (Phi) is 6.44. The van der Waals surface area contributed by atoms with Crippen molar-refractivity contribution in [2.75, 3.05) is 6.54 Å². The first-order valence-corrected chi connectivity index (χ1v) is 8.40. The molecule has 0 bridgehead atoms. The molecule has 2 rings (SSSR count). The number of halogens is 1. The molecule has 6 heteroatoms. The number of carbonyl (C=O) groups is 2. The van der Waals surface area contributed by atoms with Crippen molar-refractivity contribution in [3.05, 3.63) is 65.7 Å². The lowest BCUT2D eigenvalue weighted by atomic mass is 9.91. The maximum absolute atomic E-state index is 14.0. The average Bonchev–Trinajstić information content (AvgIpc) is 2.58. The lowest BCUT2D eigenvalue weighted by molar-refractivity contribution is -0.119. The Labute approximate surface area is 152 Å². The standard InChI is InChI=1S/C20H23FN2O3/c1-20(2,3)26-19(25)23-13-18(24)15(17-10-6-7-11-22-17)12-14-8-4-5-9-16(14)21/h4-11,15H,12-13H2,1-3H3,(H,23,25)/t15-/m1/s1. The molecule has 0 radical (unpaired) electrons. The highest BCUT2D eigenvalue weighted by Crippen LogP contribution is 2.22. The molecule has 0 spiro atoms. The van der Waals surface area contributed by atoms with Gasteiger partial charge in [-0.15, -0.1) is 0 Å². The summed E-state index contributed by atoms with van der Waals surface area (Å²) >= 11 is 0. The zero-order valence-corrected chi connectivity index (χ0v) is 15.2. The normalized spacial score (nSPS) is 12.3. The first kappa shape index (κ1) is 19.6. The number of alkyl carbamates (subject to hydrolysis) is 1. The van der Waals surface area contributed by atoms with Gasteiger partial charge in [-0.25, -0.2) is 9.18 Å². The van der Waals surface area contributed by atoms with Gasteiger partial charge in [0.15, 0.2) is 5.78 Å². The van der Waals surface area contributed by atoms with Crippen LogP contribution >= 0.6 is 0 Å². The Morgan fingerprint density at radius 2 is 1.85 bits per heavy atom. The summed E-state index contributed by atoms with van der Waals surface area (Å²) in [6.07, 6.45) is 1.08. The van der Waals surface area contributed by atoms with Crippen LogP contribution in [0.4, 0.5) is 9.18 Å². The van der Waals surface area contributed by atoms with Gasteiger partial charge < -0.3 is 10.1 Å². The number of hydrogen-bond donors (Lipinski definition) is 1. The van der Waals surface area contributed by atoms with Crippen LogP contribution in [0.2, 0.25) is 0 Å². The summed E-state index contributed by atoms with van der Waals surface area (Å²) in [5.41, 5.74) is 0.307. The highest BCUT2D eigenvalue weighted by Gasteiger charge is 2.25. The summed E-state index contributed by atoms with van der Waals surface area (Å²) in [6, 6.07) is 11.5. The van der Waals surface area contributed by atoms with Crippen molar-refractivity contribution in [1.29, 1.82) is 0 Å². The van der Waals surface area contributed by atoms with E-state index in [0.717, 1.165) is 0 Å². The van der Waals surface area contributed by atoms with Gasteiger partial charge in [0, 0.05) is 6.20 Å². The molecule has 1 N–H and O–H groups in total. The second kappa shape index (κ2) is 8.56. The molecule has 1 atom stereocenters. The number of hydrogen-bond acceptors (Lipinski definition) is 4. The van der Waals surface area contributed by atoms with Crippen LogP contribution in [0.5, 0.6) is 0 Å². The van der Waals surface area contributed by atoms with Crippen LogP contribution in [-0.4, -0.2) is 29.0 Å². The van der Waals surface area contributed by atoms with Gasteiger partial charge in [-0.1, -0.05) is 24.3 Å². The van der Waals surface area contributed by atoms with E-state index in [-0.39, 0.29) is 24.6 Å². The van der Waals surface area contributed by atoms with E-state index in [1.165, 1.54) is 6.07 Å². The topological polar surface area (TPSA) is 68.3 Å². The van der Waals surface area contributed by atoms with E-state index in [1.807, 2.05) is 0 Å². The van der Waals surface area contributed by atoms with E-state index in [2.05, 4.69) is 10.3 Å². The van der Waals surface area contributed by atoms with Gasteiger partial charge in [-0.3, -0.25) is 9.78 Å². The van der Waals surface area contributed by atoms with Crippen LogP contribution in [0.3, 0.4) is 0 Å². The number of nitrogens with one attached hydrogen (secondary N) is 1. The SMILES string of the molecule is CC(C)(C)OC(=O)NCC(=O)[C@H](Cc1ccccc1F)c1ccccn1. The number of aromatic nitrogens is 1. The lowest BCUT2D eigenvalue weighted by Crippen LogP contribution is -2.37. The molecule has 26 heavy (non-hydrogen) atoms. The Morgan fingerprint density at radius 1 is 1.15 bits per heavy atom. The van der Waals surface area contributed by atoms with Gasteiger partial charge in [0.05, 0.1) is 18.2 Å². The van der Waals surface area contributed by atoms with Crippen LogP contribution in [0, 0.1) is 5.82 Å². The molecule has 5 nitrogen and oxygen atoms in total. The molecule has 1 aromatic heterocycles. The van der Waals surface area contributed by atoms with E-state index in [9.17, 15) is 14.0 Å². The third-order valence-corrected chi connectivity index (χ3v) is 3.62. The average molecular weight is 358 g/mol. The molecular formula is C20H23FN2O3. The molecule has 138 valence electrons. The molecule has 0 aliphatic carbocycles. The monoisotopic (exact) mass is 358 g/mol. The fourth-order valence-electron chi connectivity index (χ4n) is 2.45. The van der Waals surface area contributed by atoms with Crippen LogP contribution in [0.1, 0.15) is 37.9 Å². The van der Waals surface area contributed by atoms with Gasteiger partial charge in [0.1, 0.15) is 11.4 Å². The van der Waals surface area contributed by atoms with E-state index in [0.29, 0.717) is 11.3 Å². The fraction of sp³-hybridized carbons (Fsp3) is 0.350. The van der Waals surface area contributed by atoms with E-state index in [1.54, 1.807) is 63.4 Å². The molecule has 0 unspecified atom stereocenters. The number of ketones is 1. The zero-order valence-electron chi connectivity index (χ0n) is 15.2. The minimum absolute atomic E-state index is 0.165. The summed E-state index contributed by atoms with van der Waals surface area (Å²) in [6.45, 7) is 5.00. The molecule has 1 aromatic carbocycles. The molecule has 2 aromatic rings. The number of nitrogens with zero attached hydrogens (tertiary/aromatic N) is 1. The first-order chi connectivity index (χ1) is 12.3. The molecular weight excluding hydrogens is 335 g/mol. The summed E-state index contributed by atoms with van der Waals surface area (Å²) < 4.78 is 19.1. The van der Waals surface area contributed by atoms with Crippen molar-refractivity contribution in [2.45, 2.75) is 38.7 Å². The Hall–Kier alpha value is -2.76. The van der Waals surface area contributed by atoms with Crippen LogP contribution in [0.15, 0.2) is 48.7 Å². The largest absolute Gasteiger partial charge is 0.444 e. The molecule has 1 amide bonds. The Morgan fingerprint density at radius 3 is 2.46 bits per heavy atom. The molecule has 0 saturated carbocycles. The predicted octanol–water partition coefficient (Wildman–Crippen LogP) is 3.64. The summed E-state index contributed by atoms with van der Waals surface area (Å²) in [7, 11) is 0. The maximum atomic E-state index is 14.0. The van der Waals surface area contributed by atoms with Gasteiger partial charge in [0.2, 0.25) is 0 Å². The van der Waals surface area contributed by atoms with Gasteiger partial charge in [0.25, 0.3) is 0 Å². The molecule has 0 aliphatic rings. The lowest BCUT2D eigenvalue weighted by Gasteiger charge is -2.20. The van der Waals surface area contributed by atoms with Crippen molar-refractivity contribution in [1.82, 2.24) is 10.3 Å². The van der Waals surface area contributed by atoms with Gasteiger partial charge in [-0.05, 0) is 51.0 Å². The minimum Gasteiger partial charge on any atom is -0.444 e. The number of pyridine rings is 1. The highest BCUT2D eigenvalue weighted by atomic mass is 19.1.